The van der Waals surface area contributed by atoms with Crippen molar-refractivity contribution in [1.82, 2.24) is 10.3 Å². The molecule has 0 aliphatic rings. The lowest BCUT2D eigenvalue weighted by atomic mass is 10.1. The predicted octanol–water partition coefficient (Wildman–Crippen LogP) is 4.96. The molecule has 2 aromatic rings. The highest BCUT2D eigenvalue weighted by atomic mass is 16.6. The number of methoxy groups -OCH3 is 1. The second-order valence-electron chi connectivity index (χ2n) is 8.92. The number of pyridine rings is 1. The molecule has 0 atom stereocenters. The molecule has 1 aromatic heterocycles. The topological polar surface area (TPSA) is 114 Å². The highest BCUT2D eigenvalue weighted by molar-refractivity contribution is 6.16. The minimum absolute atomic E-state index is 0.308. The van der Waals surface area contributed by atoms with E-state index in [1.165, 1.54) is 0 Å². The first kappa shape index (κ1) is 24.6. The first-order valence-corrected chi connectivity index (χ1v) is 10.0. The van der Waals surface area contributed by atoms with Crippen molar-refractivity contribution >= 4 is 23.8 Å². The molecule has 2 rings (SSSR count). The van der Waals surface area contributed by atoms with E-state index in [1.54, 1.807) is 85.2 Å². The highest BCUT2D eigenvalue weighted by Gasteiger charge is 2.29. The molecule has 0 fully saturated rings. The summed E-state index contributed by atoms with van der Waals surface area (Å²) >= 11 is 0. The molecule has 0 radical (unpaired) electrons. The zero-order valence-corrected chi connectivity index (χ0v) is 19.5. The summed E-state index contributed by atoms with van der Waals surface area (Å²) in [4.78, 5) is 30.4. The zero-order chi connectivity index (χ0) is 24.1. The molecule has 9 nitrogen and oxygen atoms in total. The Morgan fingerprint density at radius 3 is 2.25 bits per heavy atom. The average Bonchev–Trinajstić information content (AvgIpc) is 2.65. The van der Waals surface area contributed by atoms with Gasteiger partial charge in [-0.3, -0.25) is 15.7 Å². The van der Waals surface area contributed by atoms with Gasteiger partial charge in [0, 0.05) is 17.8 Å². The Bertz CT molecular complexity index is 992. The molecule has 0 aliphatic carbocycles. The van der Waals surface area contributed by atoms with Crippen LogP contribution in [0.15, 0.2) is 42.6 Å². The monoisotopic (exact) mass is 442 g/mol. The zero-order valence-electron chi connectivity index (χ0n) is 19.5. The van der Waals surface area contributed by atoms with Crippen molar-refractivity contribution in [3.8, 4) is 17.0 Å². The van der Waals surface area contributed by atoms with Gasteiger partial charge in [0.1, 0.15) is 17.0 Å². The summed E-state index contributed by atoms with van der Waals surface area (Å²) in [6.07, 6.45) is -0.0746. The van der Waals surface area contributed by atoms with Crippen molar-refractivity contribution in [3.05, 3.63) is 42.6 Å². The molecule has 1 heterocycles. The standard InChI is InChI=1S/C23H30N4O5/c1-22(2,3)31-20(28)26-19(24)27(21(29)32-23(4,5)6)16-10-8-9-15(13-16)18-14-17(30-7)11-12-25-18/h8-14H,1-7H3,(H2,24,26,28). The van der Waals surface area contributed by atoms with Crippen LogP contribution in [0.3, 0.4) is 0 Å². The van der Waals surface area contributed by atoms with Gasteiger partial charge in [-0.25, -0.2) is 14.5 Å². The molecule has 172 valence electrons. The lowest BCUT2D eigenvalue weighted by Crippen LogP contribution is -2.49. The van der Waals surface area contributed by atoms with Gasteiger partial charge in [0.05, 0.1) is 18.5 Å². The van der Waals surface area contributed by atoms with E-state index in [0.29, 0.717) is 22.7 Å². The molecule has 2 N–H and O–H groups in total. The fourth-order valence-corrected chi connectivity index (χ4v) is 2.59. The molecule has 1 aromatic carbocycles. The van der Waals surface area contributed by atoms with Crippen molar-refractivity contribution in [2.24, 2.45) is 0 Å². The smallest absolute Gasteiger partial charge is 0.421 e. The summed E-state index contributed by atoms with van der Waals surface area (Å²) in [5, 5.41) is 10.7. The quantitative estimate of drug-likeness (QED) is 0.513. The number of ether oxygens (including phenoxy) is 3. The molecule has 2 amide bonds. The minimum Gasteiger partial charge on any atom is -0.497 e. The Kier molecular flexibility index (Phi) is 7.45. The van der Waals surface area contributed by atoms with Crippen LogP contribution in [-0.2, 0) is 9.47 Å². The lowest BCUT2D eigenvalue weighted by molar-refractivity contribution is 0.0559. The van der Waals surface area contributed by atoms with Crippen LogP contribution < -0.4 is 15.0 Å². The molecule has 9 heteroatoms. The van der Waals surface area contributed by atoms with Gasteiger partial charge >= 0.3 is 12.2 Å². The molecule has 32 heavy (non-hydrogen) atoms. The van der Waals surface area contributed by atoms with E-state index < -0.39 is 29.3 Å². The normalized spacial score (nSPS) is 11.3. The molecule has 0 aliphatic heterocycles. The Hall–Kier alpha value is -3.62. The van der Waals surface area contributed by atoms with E-state index in [0.717, 1.165) is 4.90 Å². The minimum atomic E-state index is -0.860. The molecule has 0 bridgehead atoms. The Balaban J connectivity index is 2.42. The Labute approximate surface area is 188 Å². The third-order valence-electron chi connectivity index (χ3n) is 3.79. The molecular weight excluding hydrogens is 412 g/mol. The number of alkyl carbamates (subject to hydrolysis) is 1. The van der Waals surface area contributed by atoms with Crippen LogP contribution in [0.4, 0.5) is 15.3 Å². The van der Waals surface area contributed by atoms with E-state index in [4.69, 9.17) is 19.6 Å². The fourth-order valence-electron chi connectivity index (χ4n) is 2.59. The number of rotatable bonds is 3. The number of hydrogen-bond acceptors (Lipinski definition) is 7. The Morgan fingerprint density at radius 1 is 1.00 bits per heavy atom. The first-order valence-electron chi connectivity index (χ1n) is 10.0. The molecule has 0 spiro atoms. The summed E-state index contributed by atoms with van der Waals surface area (Å²) in [5.74, 6) is 0.119. The number of carbonyl (C=O) groups is 2. The number of anilines is 1. The van der Waals surface area contributed by atoms with Gasteiger partial charge in [-0.2, -0.15) is 0 Å². The second-order valence-corrected chi connectivity index (χ2v) is 8.92. The van der Waals surface area contributed by atoms with Crippen LogP contribution in [-0.4, -0.2) is 41.4 Å². The molecule has 0 unspecified atom stereocenters. The summed E-state index contributed by atoms with van der Waals surface area (Å²) in [7, 11) is 1.56. The van der Waals surface area contributed by atoms with E-state index in [9.17, 15) is 9.59 Å². The van der Waals surface area contributed by atoms with Crippen molar-refractivity contribution in [1.29, 1.82) is 5.41 Å². The number of nitrogens with one attached hydrogen (secondary N) is 2. The first-order chi connectivity index (χ1) is 14.8. The van der Waals surface area contributed by atoms with Crippen LogP contribution in [0.1, 0.15) is 41.5 Å². The summed E-state index contributed by atoms with van der Waals surface area (Å²) in [5.41, 5.74) is 0.0245. The molecule has 0 saturated heterocycles. The average molecular weight is 443 g/mol. The van der Waals surface area contributed by atoms with Crippen LogP contribution in [0.5, 0.6) is 5.75 Å². The van der Waals surface area contributed by atoms with Crippen molar-refractivity contribution in [2.45, 2.75) is 52.7 Å². The van der Waals surface area contributed by atoms with Crippen molar-refractivity contribution < 1.29 is 23.8 Å². The summed E-state index contributed by atoms with van der Waals surface area (Å²) in [6.45, 7) is 10.2. The van der Waals surface area contributed by atoms with E-state index in [1.807, 2.05) is 6.07 Å². The predicted molar refractivity (Wildman–Crippen MR) is 122 cm³/mol. The van der Waals surface area contributed by atoms with Crippen molar-refractivity contribution in [3.63, 3.8) is 0 Å². The van der Waals surface area contributed by atoms with Gasteiger partial charge in [0.2, 0.25) is 5.96 Å². The summed E-state index contributed by atoms with van der Waals surface area (Å²) in [6, 6.07) is 10.3. The maximum absolute atomic E-state index is 13.0. The van der Waals surface area contributed by atoms with Gasteiger partial charge < -0.3 is 14.2 Å². The van der Waals surface area contributed by atoms with Gasteiger partial charge in [-0.05, 0) is 59.7 Å². The maximum Gasteiger partial charge on any atom is 0.421 e. The molecular formula is C23H30N4O5. The summed E-state index contributed by atoms with van der Waals surface area (Å²) < 4.78 is 15.9. The van der Waals surface area contributed by atoms with Crippen LogP contribution in [0.2, 0.25) is 0 Å². The third kappa shape index (κ3) is 7.26. The van der Waals surface area contributed by atoms with Crippen LogP contribution in [0.25, 0.3) is 11.3 Å². The largest absolute Gasteiger partial charge is 0.497 e. The second kappa shape index (κ2) is 9.67. The third-order valence-corrected chi connectivity index (χ3v) is 3.79. The fraction of sp³-hybridized carbons (Fsp3) is 0.391. The SMILES string of the molecule is COc1ccnc(-c2cccc(N(C(=N)NC(=O)OC(C)(C)C)C(=O)OC(C)(C)C)c2)c1. The van der Waals surface area contributed by atoms with E-state index in [2.05, 4.69) is 10.3 Å². The van der Waals surface area contributed by atoms with Crippen LogP contribution in [0, 0.1) is 5.41 Å². The molecule has 0 saturated carbocycles. The number of amides is 2. The number of carbonyl (C=O) groups excluding carboxylic acids is 2. The Morgan fingerprint density at radius 2 is 1.66 bits per heavy atom. The lowest BCUT2D eigenvalue weighted by Gasteiger charge is -2.28. The maximum atomic E-state index is 13.0. The number of nitrogens with zero attached hydrogens (tertiary/aromatic N) is 2. The highest BCUT2D eigenvalue weighted by Crippen LogP contribution is 2.27. The van der Waals surface area contributed by atoms with Gasteiger partial charge in [-0.1, -0.05) is 12.1 Å². The van der Waals surface area contributed by atoms with Gasteiger partial charge in [0.25, 0.3) is 0 Å². The van der Waals surface area contributed by atoms with Gasteiger partial charge in [0.15, 0.2) is 0 Å². The number of benzene rings is 1. The number of hydrogen-bond donors (Lipinski definition) is 2. The van der Waals surface area contributed by atoms with E-state index in [-0.39, 0.29) is 0 Å². The van der Waals surface area contributed by atoms with E-state index >= 15 is 0 Å². The van der Waals surface area contributed by atoms with Crippen molar-refractivity contribution in [2.75, 3.05) is 12.0 Å². The van der Waals surface area contributed by atoms with Crippen LogP contribution >= 0.6 is 0 Å². The van der Waals surface area contributed by atoms with Gasteiger partial charge in [-0.15, -0.1) is 0 Å². The number of guanidine groups is 1. The number of aromatic nitrogens is 1.